The molecule has 0 saturated heterocycles. The number of nitrogens with two attached hydrogens (primary N) is 1. The van der Waals surface area contributed by atoms with Gasteiger partial charge in [-0.1, -0.05) is 12.1 Å². The summed E-state index contributed by atoms with van der Waals surface area (Å²) in [7, 11) is 1.78. The molecule has 0 aliphatic carbocycles. The molecule has 1 aromatic carbocycles. The van der Waals surface area contributed by atoms with Gasteiger partial charge in [-0.05, 0) is 23.6 Å². The number of hydrogen-bond donors (Lipinski definition) is 2. The lowest BCUT2D eigenvalue weighted by molar-refractivity contribution is -0.117. The van der Waals surface area contributed by atoms with Crippen LogP contribution in [0, 0.1) is 0 Å². The van der Waals surface area contributed by atoms with Gasteiger partial charge in [0.15, 0.2) is 0 Å². The Morgan fingerprint density at radius 3 is 3.00 bits per heavy atom. The van der Waals surface area contributed by atoms with Crippen LogP contribution in [-0.4, -0.2) is 30.7 Å². The topological polar surface area (TPSA) is 66.6 Å². The first-order chi connectivity index (χ1) is 7.61. The second-order valence-electron chi connectivity index (χ2n) is 4.19. The summed E-state index contributed by atoms with van der Waals surface area (Å²) in [6.45, 7) is 0.260. The molecular formula is C12H16N2O2. The maximum Gasteiger partial charge on any atom is 0.231 e. The van der Waals surface area contributed by atoms with Crippen molar-refractivity contribution in [2.75, 3.05) is 18.5 Å². The van der Waals surface area contributed by atoms with Crippen LogP contribution >= 0.6 is 0 Å². The van der Waals surface area contributed by atoms with E-state index in [1.165, 1.54) is 0 Å². The Bertz CT molecular complexity index is 417. The molecule has 1 atom stereocenters. The molecule has 0 fully saturated rings. The van der Waals surface area contributed by atoms with E-state index in [4.69, 9.17) is 5.73 Å². The van der Waals surface area contributed by atoms with Crippen LogP contribution in [0.3, 0.4) is 0 Å². The van der Waals surface area contributed by atoms with Gasteiger partial charge in [0.2, 0.25) is 5.91 Å². The minimum atomic E-state index is -0.507. The highest BCUT2D eigenvalue weighted by Crippen LogP contribution is 2.28. The van der Waals surface area contributed by atoms with Crippen LogP contribution in [0.4, 0.5) is 5.69 Å². The van der Waals surface area contributed by atoms with Gasteiger partial charge in [0.05, 0.1) is 12.5 Å². The van der Waals surface area contributed by atoms with Gasteiger partial charge < -0.3 is 15.7 Å². The molecule has 3 N–H and O–H groups in total. The van der Waals surface area contributed by atoms with Crippen molar-refractivity contribution in [2.24, 2.45) is 5.73 Å². The van der Waals surface area contributed by atoms with Gasteiger partial charge >= 0.3 is 0 Å². The summed E-state index contributed by atoms with van der Waals surface area (Å²) >= 11 is 0. The van der Waals surface area contributed by atoms with Crippen molar-refractivity contribution in [3.8, 4) is 0 Å². The number of amides is 1. The Morgan fingerprint density at radius 2 is 2.31 bits per heavy atom. The van der Waals surface area contributed by atoms with Crippen molar-refractivity contribution in [2.45, 2.75) is 18.9 Å². The third-order valence-corrected chi connectivity index (χ3v) is 2.96. The van der Waals surface area contributed by atoms with E-state index in [1.807, 2.05) is 18.2 Å². The SMILES string of the molecule is CN1C(=O)Cc2cc(CC(O)CN)ccc21. The van der Waals surface area contributed by atoms with E-state index in [0.717, 1.165) is 16.8 Å². The van der Waals surface area contributed by atoms with Crippen molar-refractivity contribution in [3.05, 3.63) is 29.3 Å². The van der Waals surface area contributed by atoms with Gasteiger partial charge in [0, 0.05) is 19.3 Å². The van der Waals surface area contributed by atoms with E-state index in [-0.39, 0.29) is 12.5 Å². The molecule has 4 heteroatoms. The fourth-order valence-electron chi connectivity index (χ4n) is 2.01. The van der Waals surface area contributed by atoms with E-state index in [9.17, 15) is 9.90 Å². The molecule has 1 aliphatic heterocycles. The van der Waals surface area contributed by atoms with E-state index >= 15 is 0 Å². The molecule has 2 rings (SSSR count). The van der Waals surface area contributed by atoms with Crippen LogP contribution in [-0.2, 0) is 17.6 Å². The van der Waals surface area contributed by atoms with Crippen LogP contribution in [0.15, 0.2) is 18.2 Å². The monoisotopic (exact) mass is 220 g/mol. The van der Waals surface area contributed by atoms with Crippen molar-refractivity contribution in [1.29, 1.82) is 0 Å². The summed E-state index contributed by atoms with van der Waals surface area (Å²) in [4.78, 5) is 13.1. The highest BCUT2D eigenvalue weighted by atomic mass is 16.3. The highest BCUT2D eigenvalue weighted by Gasteiger charge is 2.23. The number of aliphatic hydroxyl groups excluding tert-OH is 1. The third-order valence-electron chi connectivity index (χ3n) is 2.96. The Morgan fingerprint density at radius 1 is 1.56 bits per heavy atom. The predicted octanol–water partition coefficient (Wildman–Crippen LogP) is 0.0676. The van der Waals surface area contributed by atoms with Crippen molar-refractivity contribution in [3.63, 3.8) is 0 Å². The molecule has 1 amide bonds. The number of fused-ring (bicyclic) bond motifs is 1. The minimum Gasteiger partial charge on any atom is -0.391 e. The lowest BCUT2D eigenvalue weighted by Gasteiger charge is -2.12. The maximum atomic E-state index is 11.5. The fraction of sp³-hybridized carbons (Fsp3) is 0.417. The molecule has 16 heavy (non-hydrogen) atoms. The molecule has 1 heterocycles. The Labute approximate surface area is 94.7 Å². The van der Waals surface area contributed by atoms with E-state index in [1.54, 1.807) is 11.9 Å². The maximum absolute atomic E-state index is 11.5. The van der Waals surface area contributed by atoms with Crippen molar-refractivity contribution < 1.29 is 9.90 Å². The Hall–Kier alpha value is -1.39. The summed E-state index contributed by atoms with van der Waals surface area (Å²) < 4.78 is 0. The van der Waals surface area contributed by atoms with Crippen LogP contribution in [0.5, 0.6) is 0 Å². The predicted molar refractivity (Wildman–Crippen MR) is 62.3 cm³/mol. The molecular weight excluding hydrogens is 204 g/mol. The number of likely N-dealkylation sites (N-methyl/N-ethyl adjacent to an activating group) is 1. The van der Waals surface area contributed by atoms with E-state index in [2.05, 4.69) is 0 Å². The number of benzene rings is 1. The smallest absolute Gasteiger partial charge is 0.231 e. The quantitative estimate of drug-likeness (QED) is 0.757. The van der Waals surface area contributed by atoms with Gasteiger partial charge in [-0.15, -0.1) is 0 Å². The average Bonchev–Trinajstić information content (AvgIpc) is 2.54. The number of hydrogen-bond acceptors (Lipinski definition) is 3. The Kier molecular flexibility index (Phi) is 2.94. The van der Waals surface area contributed by atoms with E-state index < -0.39 is 6.10 Å². The van der Waals surface area contributed by atoms with Gasteiger partial charge in [-0.3, -0.25) is 4.79 Å². The first-order valence-corrected chi connectivity index (χ1v) is 5.38. The van der Waals surface area contributed by atoms with Crippen molar-refractivity contribution >= 4 is 11.6 Å². The second kappa shape index (κ2) is 4.23. The molecule has 0 bridgehead atoms. The number of anilines is 1. The fourth-order valence-corrected chi connectivity index (χ4v) is 2.01. The molecule has 1 unspecified atom stereocenters. The molecule has 0 radical (unpaired) electrons. The summed E-state index contributed by atoms with van der Waals surface area (Å²) in [6.07, 6.45) is 0.493. The highest BCUT2D eigenvalue weighted by molar-refractivity contribution is 6.00. The third kappa shape index (κ3) is 1.94. The van der Waals surface area contributed by atoms with Crippen LogP contribution in [0.1, 0.15) is 11.1 Å². The molecule has 4 nitrogen and oxygen atoms in total. The summed E-state index contributed by atoms with van der Waals surface area (Å²) in [6, 6.07) is 5.85. The number of aliphatic hydroxyl groups is 1. The first-order valence-electron chi connectivity index (χ1n) is 5.38. The summed E-state index contributed by atoms with van der Waals surface area (Å²) in [5, 5.41) is 9.46. The first kappa shape index (κ1) is 11.1. The van der Waals surface area contributed by atoms with Gasteiger partial charge in [-0.25, -0.2) is 0 Å². The van der Waals surface area contributed by atoms with E-state index in [0.29, 0.717) is 12.8 Å². The number of rotatable bonds is 3. The zero-order valence-electron chi connectivity index (χ0n) is 9.31. The average molecular weight is 220 g/mol. The molecule has 0 saturated carbocycles. The van der Waals surface area contributed by atoms with Gasteiger partial charge in [0.25, 0.3) is 0 Å². The number of carbonyl (C=O) groups excluding carboxylic acids is 1. The second-order valence-corrected chi connectivity index (χ2v) is 4.19. The largest absolute Gasteiger partial charge is 0.391 e. The number of carbonyl (C=O) groups is 1. The molecule has 1 aliphatic rings. The van der Waals surface area contributed by atoms with Crippen LogP contribution in [0.25, 0.3) is 0 Å². The molecule has 0 aromatic heterocycles. The lowest BCUT2D eigenvalue weighted by atomic mass is 10.0. The summed E-state index contributed by atoms with van der Waals surface area (Å²) in [5.41, 5.74) is 8.40. The lowest BCUT2D eigenvalue weighted by Crippen LogP contribution is -2.22. The zero-order valence-corrected chi connectivity index (χ0v) is 9.31. The van der Waals surface area contributed by atoms with Crippen LogP contribution < -0.4 is 10.6 Å². The molecule has 0 spiro atoms. The normalized spacial score (nSPS) is 16.4. The summed E-state index contributed by atoms with van der Waals surface area (Å²) in [5.74, 6) is 0.117. The minimum absolute atomic E-state index is 0.117. The van der Waals surface area contributed by atoms with Gasteiger partial charge in [0.1, 0.15) is 0 Å². The standard InChI is InChI=1S/C12H16N2O2/c1-14-11-3-2-8(5-10(15)7-13)4-9(11)6-12(14)16/h2-4,10,15H,5-7,13H2,1H3. The Balaban J connectivity index is 2.22. The zero-order chi connectivity index (χ0) is 11.7. The number of nitrogens with zero attached hydrogens (tertiary/aromatic N) is 1. The van der Waals surface area contributed by atoms with Crippen molar-refractivity contribution in [1.82, 2.24) is 0 Å². The molecule has 86 valence electrons. The molecule has 1 aromatic rings. The van der Waals surface area contributed by atoms with Gasteiger partial charge in [-0.2, -0.15) is 0 Å². The van der Waals surface area contributed by atoms with Crippen LogP contribution in [0.2, 0.25) is 0 Å².